The summed E-state index contributed by atoms with van der Waals surface area (Å²) in [6.07, 6.45) is 1.65. The Balaban J connectivity index is 1.99. The summed E-state index contributed by atoms with van der Waals surface area (Å²) in [6, 6.07) is 0. The van der Waals surface area contributed by atoms with Crippen LogP contribution in [0.3, 0.4) is 0 Å². The van der Waals surface area contributed by atoms with Crippen molar-refractivity contribution in [3.63, 3.8) is 0 Å². The number of hydrogen-bond acceptors (Lipinski definition) is 5. The Hall–Kier alpha value is -1.76. The lowest BCUT2D eigenvalue weighted by Gasteiger charge is -2.04. The molecule has 0 unspecified atom stereocenters. The molecule has 1 amide bonds. The van der Waals surface area contributed by atoms with E-state index in [4.69, 9.17) is 0 Å². The van der Waals surface area contributed by atoms with Crippen molar-refractivity contribution in [2.75, 3.05) is 0 Å². The maximum Gasteiger partial charge on any atom is 0.263 e. The SMILES string of the molecule is CCn1cnnc1CNC(=O)c1scnc1C. The van der Waals surface area contributed by atoms with Crippen LogP contribution in [0.25, 0.3) is 0 Å². The Morgan fingerprint density at radius 2 is 2.41 bits per heavy atom. The van der Waals surface area contributed by atoms with Crippen LogP contribution in [0.4, 0.5) is 0 Å². The van der Waals surface area contributed by atoms with Crippen molar-refractivity contribution in [1.29, 1.82) is 0 Å². The van der Waals surface area contributed by atoms with Crippen molar-refractivity contribution in [2.45, 2.75) is 26.9 Å². The number of carbonyl (C=O) groups is 1. The molecular weight excluding hydrogens is 238 g/mol. The van der Waals surface area contributed by atoms with E-state index in [9.17, 15) is 4.79 Å². The molecule has 0 atom stereocenters. The second kappa shape index (κ2) is 5.05. The van der Waals surface area contributed by atoms with Gasteiger partial charge in [-0.3, -0.25) is 4.79 Å². The number of hydrogen-bond donors (Lipinski definition) is 1. The Morgan fingerprint density at radius 3 is 3.06 bits per heavy atom. The monoisotopic (exact) mass is 251 g/mol. The molecule has 17 heavy (non-hydrogen) atoms. The van der Waals surface area contributed by atoms with E-state index in [0.29, 0.717) is 11.4 Å². The van der Waals surface area contributed by atoms with Crippen LogP contribution in [0, 0.1) is 6.92 Å². The van der Waals surface area contributed by atoms with E-state index in [1.807, 2.05) is 18.4 Å². The third kappa shape index (κ3) is 2.50. The molecule has 0 aromatic carbocycles. The highest BCUT2D eigenvalue weighted by molar-refractivity contribution is 7.11. The van der Waals surface area contributed by atoms with Gasteiger partial charge in [-0.2, -0.15) is 0 Å². The zero-order valence-corrected chi connectivity index (χ0v) is 10.5. The fourth-order valence-corrected chi connectivity index (χ4v) is 2.16. The molecule has 2 aromatic rings. The van der Waals surface area contributed by atoms with E-state index in [1.54, 1.807) is 11.8 Å². The summed E-state index contributed by atoms with van der Waals surface area (Å²) < 4.78 is 1.89. The molecule has 0 bridgehead atoms. The summed E-state index contributed by atoms with van der Waals surface area (Å²) in [5.74, 6) is 0.638. The predicted molar refractivity (Wildman–Crippen MR) is 63.7 cm³/mol. The summed E-state index contributed by atoms with van der Waals surface area (Å²) >= 11 is 1.34. The highest BCUT2D eigenvalue weighted by Crippen LogP contribution is 2.11. The van der Waals surface area contributed by atoms with Gasteiger partial charge in [-0.25, -0.2) is 4.98 Å². The number of carbonyl (C=O) groups excluding carboxylic acids is 1. The molecule has 2 aromatic heterocycles. The van der Waals surface area contributed by atoms with Crippen LogP contribution in [0.1, 0.15) is 28.1 Å². The van der Waals surface area contributed by atoms with E-state index in [1.165, 1.54) is 11.3 Å². The van der Waals surface area contributed by atoms with Crippen LogP contribution in [0.5, 0.6) is 0 Å². The summed E-state index contributed by atoms with van der Waals surface area (Å²) in [5, 5.41) is 10.6. The van der Waals surface area contributed by atoms with Crippen LogP contribution < -0.4 is 5.32 Å². The first-order chi connectivity index (χ1) is 8.22. The smallest absolute Gasteiger partial charge is 0.263 e. The van der Waals surface area contributed by atoms with Crippen LogP contribution in [-0.2, 0) is 13.1 Å². The molecule has 6 nitrogen and oxygen atoms in total. The Kier molecular flexibility index (Phi) is 3.48. The van der Waals surface area contributed by atoms with Gasteiger partial charge in [0.15, 0.2) is 5.82 Å². The molecule has 7 heteroatoms. The zero-order valence-electron chi connectivity index (χ0n) is 9.67. The fourth-order valence-electron chi connectivity index (χ4n) is 1.44. The molecule has 0 fully saturated rings. The predicted octanol–water partition coefficient (Wildman–Crippen LogP) is 0.993. The molecule has 0 aliphatic heterocycles. The number of rotatable bonds is 4. The van der Waals surface area contributed by atoms with Crippen LogP contribution >= 0.6 is 11.3 Å². The number of nitrogens with zero attached hydrogens (tertiary/aromatic N) is 4. The Bertz CT molecular complexity index is 518. The molecule has 0 aliphatic carbocycles. The summed E-state index contributed by atoms with van der Waals surface area (Å²) in [5.41, 5.74) is 2.42. The zero-order chi connectivity index (χ0) is 12.3. The molecule has 1 N–H and O–H groups in total. The van der Waals surface area contributed by atoms with Crippen molar-refractivity contribution < 1.29 is 4.79 Å². The maximum absolute atomic E-state index is 11.8. The van der Waals surface area contributed by atoms with Crippen molar-refractivity contribution >= 4 is 17.2 Å². The number of aryl methyl sites for hydroxylation is 2. The van der Waals surface area contributed by atoms with Gasteiger partial charge < -0.3 is 9.88 Å². The largest absolute Gasteiger partial charge is 0.344 e. The summed E-state index contributed by atoms with van der Waals surface area (Å²) in [4.78, 5) is 16.5. The van der Waals surface area contributed by atoms with Gasteiger partial charge in [0.1, 0.15) is 11.2 Å². The second-order valence-corrected chi connectivity index (χ2v) is 4.34. The lowest BCUT2D eigenvalue weighted by Crippen LogP contribution is -2.24. The average molecular weight is 251 g/mol. The summed E-state index contributed by atoms with van der Waals surface area (Å²) in [6.45, 7) is 4.99. The van der Waals surface area contributed by atoms with E-state index in [-0.39, 0.29) is 5.91 Å². The van der Waals surface area contributed by atoms with Gasteiger partial charge in [-0.15, -0.1) is 21.5 Å². The van der Waals surface area contributed by atoms with Crippen molar-refractivity contribution in [1.82, 2.24) is 25.1 Å². The maximum atomic E-state index is 11.8. The normalized spacial score (nSPS) is 10.5. The van der Waals surface area contributed by atoms with Crippen molar-refractivity contribution in [3.05, 3.63) is 28.2 Å². The van der Waals surface area contributed by atoms with Crippen LogP contribution in [-0.4, -0.2) is 25.7 Å². The molecule has 2 rings (SSSR count). The first kappa shape index (κ1) is 11.7. The molecule has 0 aliphatic rings. The highest BCUT2D eigenvalue weighted by atomic mass is 32.1. The minimum atomic E-state index is -0.115. The lowest BCUT2D eigenvalue weighted by molar-refractivity contribution is 0.0952. The van der Waals surface area contributed by atoms with E-state index >= 15 is 0 Å². The van der Waals surface area contributed by atoms with Gasteiger partial charge in [0.05, 0.1) is 17.7 Å². The molecule has 0 saturated carbocycles. The number of aromatic nitrogens is 4. The second-order valence-electron chi connectivity index (χ2n) is 3.48. The Labute approximate surface area is 103 Å². The number of nitrogens with one attached hydrogen (secondary N) is 1. The van der Waals surface area contributed by atoms with Crippen LogP contribution in [0.2, 0.25) is 0 Å². The quantitative estimate of drug-likeness (QED) is 0.879. The topological polar surface area (TPSA) is 72.7 Å². The fraction of sp³-hybridized carbons (Fsp3) is 0.400. The van der Waals surface area contributed by atoms with E-state index in [2.05, 4.69) is 20.5 Å². The molecule has 90 valence electrons. The van der Waals surface area contributed by atoms with Gasteiger partial charge in [0, 0.05) is 6.54 Å². The van der Waals surface area contributed by atoms with E-state index in [0.717, 1.165) is 18.1 Å². The summed E-state index contributed by atoms with van der Waals surface area (Å²) in [7, 11) is 0. The molecule has 0 saturated heterocycles. The molecule has 0 radical (unpaired) electrons. The van der Waals surface area contributed by atoms with E-state index < -0.39 is 0 Å². The van der Waals surface area contributed by atoms with Gasteiger partial charge in [0.25, 0.3) is 5.91 Å². The van der Waals surface area contributed by atoms with Gasteiger partial charge in [0.2, 0.25) is 0 Å². The highest BCUT2D eigenvalue weighted by Gasteiger charge is 2.12. The minimum absolute atomic E-state index is 0.115. The molecule has 0 spiro atoms. The van der Waals surface area contributed by atoms with Crippen LogP contribution in [0.15, 0.2) is 11.8 Å². The van der Waals surface area contributed by atoms with Crippen molar-refractivity contribution in [3.8, 4) is 0 Å². The molecule has 2 heterocycles. The number of thiazole rings is 1. The van der Waals surface area contributed by atoms with Gasteiger partial charge in [-0.1, -0.05) is 0 Å². The minimum Gasteiger partial charge on any atom is -0.344 e. The first-order valence-corrected chi connectivity index (χ1v) is 6.15. The standard InChI is InChI=1S/C10H13N5OS/c1-3-15-5-13-14-8(15)4-11-10(16)9-7(2)12-6-17-9/h5-6H,3-4H2,1-2H3,(H,11,16). The van der Waals surface area contributed by atoms with Gasteiger partial charge in [-0.05, 0) is 13.8 Å². The Morgan fingerprint density at radius 1 is 1.59 bits per heavy atom. The van der Waals surface area contributed by atoms with Gasteiger partial charge >= 0.3 is 0 Å². The van der Waals surface area contributed by atoms with Crippen molar-refractivity contribution in [2.24, 2.45) is 0 Å². The third-order valence-corrected chi connectivity index (χ3v) is 3.32. The lowest BCUT2D eigenvalue weighted by atomic mass is 10.3. The molecular formula is C10H13N5OS. The third-order valence-electron chi connectivity index (χ3n) is 2.40. The average Bonchev–Trinajstić information content (AvgIpc) is 2.94. The first-order valence-electron chi connectivity index (χ1n) is 5.27. The number of amides is 1.